The summed E-state index contributed by atoms with van der Waals surface area (Å²) in [5.41, 5.74) is -0.704. The van der Waals surface area contributed by atoms with Gasteiger partial charge in [0.25, 0.3) is 0 Å². The monoisotopic (exact) mass is 177 g/mol. The Bertz CT molecular complexity index is 275. The molecular formula is C7H8F3N2. The lowest BCUT2D eigenvalue weighted by atomic mass is 10.2. The zero-order valence-electron chi connectivity index (χ0n) is 6.52. The Morgan fingerprint density at radius 1 is 1.58 bits per heavy atom. The molecule has 0 aliphatic heterocycles. The van der Waals surface area contributed by atoms with Crippen molar-refractivity contribution in [3.05, 3.63) is 24.4 Å². The second-order valence-electron chi connectivity index (χ2n) is 2.42. The molecule has 0 saturated carbocycles. The first-order valence-corrected chi connectivity index (χ1v) is 3.34. The summed E-state index contributed by atoms with van der Waals surface area (Å²) in [6, 6.07) is 0. The summed E-state index contributed by atoms with van der Waals surface area (Å²) >= 11 is 0. The molecule has 5 heteroatoms. The second-order valence-corrected chi connectivity index (χ2v) is 2.42. The second kappa shape index (κ2) is 2.80. The van der Waals surface area contributed by atoms with Gasteiger partial charge in [-0.2, -0.15) is 18.3 Å². The van der Waals surface area contributed by atoms with E-state index in [2.05, 4.69) is 12.0 Å². The molecule has 1 heterocycles. The van der Waals surface area contributed by atoms with Crippen LogP contribution in [0.15, 0.2) is 6.20 Å². The summed E-state index contributed by atoms with van der Waals surface area (Å²) in [6.07, 6.45) is -2.94. The first-order chi connectivity index (χ1) is 5.45. The van der Waals surface area contributed by atoms with E-state index in [1.54, 1.807) is 0 Å². The van der Waals surface area contributed by atoms with E-state index < -0.39 is 11.9 Å². The highest BCUT2D eigenvalue weighted by Gasteiger charge is 2.36. The zero-order valence-corrected chi connectivity index (χ0v) is 6.52. The molecular weight excluding hydrogens is 169 g/mol. The molecule has 0 aliphatic rings. The van der Waals surface area contributed by atoms with Crippen molar-refractivity contribution in [1.82, 2.24) is 9.78 Å². The van der Waals surface area contributed by atoms with Crippen LogP contribution in [0.2, 0.25) is 0 Å². The van der Waals surface area contributed by atoms with E-state index in [1.165, 1.54) is 13.2 Å². The number of nitrogens with zero attached hydrogens (tertiary/aromatic N) is 2. The van der Waals surface area contributed by atoms with E-state index in [9.17, 15) is 13.2 Å². The number of rotatable bonds is 1. The molecule has 0 unspecified atom stereocenters. The summed E-state index contributed by atoms with van der Waals surface area (Å²) in [5, 5.41) is 3.30. The molecule has 0 bridgehead atoms. The highest BCUT2D eigenvalue weighted by Crippen LogP contribution is 2.30. The van der Waals surface area contributed by atoms with Crippen LogP contribution in [0.1, 0.15) is 11.3 Å². The van der Waals surface area contributed by atoms with Crippen LogP contribution in [0.3, 0.4) is 0 Å². The minimum absolute atomic E-state index is 0.0999. The molecule has 0 aromatic carbocycles. The van der Waals surface area contributed by atoms with Gasteiger partial charge in [-0.25, -0.2) is 0 Å². The van der Waals surface area contributed by atoms with E-state index in [-0.39, 0.29) is 12.0 Å². The molecule has 1 radical (unpaired) electrons. The van der Waals surface area contributed by atoms with Crippen LogP contribution < -0.4 is 0 Å². The highest BCUT2D eigenvalue weighted by molar-refractivity contribution is 5.20. The Morgan fingerprint density at radius 3 is 2.50 bits per heavy atom. The van der Waals surface area contributed by atoms with Crippen molar-refractivity contribution < 1.29 is 13.2 Å². The van der Waals surface area contributed by atoms with Crippen LogP contribution in [0.4, 0.5) is 13.2 Å². The largest absolute Gasteiger partial charge is 0.435 e. The van der Waals surface area contributed by atoms with Crippen molar-refractivity contribution in [3.8, 4) is 0 Å². The predicted molar refractivity (Wildman–Crippen MR) is 37.3 cm³/mol. The van der Waals surface area contributed by atoms with Gasteiger partial charge in [-0.05, 0) is 13.3 Å². The Kier molecular flexibility index (Phi) is 2.12. The first-order valence-electron chi connectivity index (χ1n) is 3.34. The number of halogens is 3. The number of hydrogen-bond acceptors (Lipinski definition) is 1. The molecule has 0 fully saturated rings. The smallest absolute Gasteiger partial charge is 0.275 e. The minimum atomic E-state index is -4.37. The molecule has 2 nitrogen and oxygen atoms in total. The third-order valence-corrected chi connectivity index (χ3v) is 1.44. The normalized spacial score (nSPS) is 12.1. The van der Waals surface area contributed by atoms with Crippen molar-refractivity contribution in [3.63, 3.8) is 0 Å². The summed E-state index contributed by atoms with van der Waals surface area (Å²) < 4.78 is 37.6. The van der Waals surface area contributed by atoms with Gasteiger partial charge in [0, 0.05) is 18.8 Å². The van der Waals surface area contributed by atoms with Crippen LogP contribution in [0.5, 0.6) is 0 Å². The lowest BCUT2D eigenvalue weighted by Crippen LogP contribution is -2.09. The molecule has 0 spiro atoms. The molecule has 1 aromatic rings. The van der Waals surface area contributed by atoms with Gasteiger partial charge in [-0.15, -0.1) is 0 Å². The van der Waals surface area contributed by atoms with Gasteiger partial charge >= 0.3 is 6.18 Å². The molecule has 12 heavy (non-hydrogen) atoms. The van der Waals surface area contributed by atoms with Crippen LogP contribution >= 0.6 is 0 Å². The number of hydrogen-bond donors (Lipinski definition) is 0. The Labute approximate surface area is 68.0 Å². The highest BCUT2D eigenvalue weighted by atomic mass is 19.4. The standard InChI is InChI=1S/C7H8F3N2/c1-3-5-4-12(2)11-6(5)7(8,9)10/h4H,1,3H2,2H3. The van der Waals surface area contributed by atoms with Gasteiger partial charge in [0.1, 0.15) is 0 Å². The third kappa shape index (κ3) is 1.60. The minimum Gasteiger partial charge on any atom is -0.275 e. The summed E-state index contributed by atoms with van der Waals surface area (Å²) in [5.74, 6) is 0. The molecule has 1 aromatic heterocycles. The predicted octanol–water partition coefficient (Wildman–Crippen LogP) is 1.82. The quantitative estimate of drug-likeness (QED) is 0.639. The van der Waals surface area contributed by atoms with E-state index in [1.807, 2.05) is 0 Å². The van der Waals surface area contributed by atoms with Crippen molar-refractivity contribution in [2.75, 3.05) is 0 Å². The van der Waals surface area contributed by atoms with E-state index >= 15 is 0 Å². The van der Waals surface area contributed by atoms with Gasteiger partial charge in [0.15, 0.2) is 5.69 Å². The molecule has 0 amide bonds. The number of alkyl halides is 3. The van der Waals surface area contributed by atoms with Crippen LogP contribution in [0, 0.1) is 6.92 Å². The molecule has 0 saturated heterocycles. The number of aryl methyl sites for hydroxylation is 1. The molecule has 1 rings (SSSR count). The maximum absolute atomic E-state index is 12.1. The Morgan fingerprint density at radius 2 is 2.17 bits per heavy atom. The van der Waals surface area contributed by atoms with E-state index in [0.29, 0.717) is 0 Å². The van der Waals surface area contributed by atoms with Gasteiger partial charge in [0.2, 0.25) is 0 Å². The SMILES string of the molecule is [CH2]Cc1cn(C)nc1C(F)(F)F. The van der Waals surface area contributed by atoms with Crippen LogP contribution in [-0.2, 0) is 19.6 Å². The average Bonchev–Trinajstić information content (AvgIpc) is 2.29. The zero-order chi connectivity index (χ0) is 9.35. The first kappa shape index (κ1) is 9.09. The lowest BCUT2D eigenvalue weighted by Gasteiger charge is -2.03. The van der Waals surface area contributed by atoms with Crippen molar-refractivity contribution in [2.24, 2.45) is 7.05 Å². The van der Waals surface area contributed by atoms with Gasteiger partial charge in [-0.3, -0.25) is 4.68 Å². The molecule has 0 atom stereocenters. The maximum Gasteiger partial charge on any atom is 0.435 e. The average molecular weight is 177 g/mol. The molecule has 0 N–H and O–H groups in total. The van der Waals surface area contributed by atoms with Crippen molar-refractivity contribution in [2.45, 2.75) is 12.6 Å². The van der Waals surface area contributed by atoms with Crippen molar-refractivity contribution >= 4 is 0 Å². The topological polar surface area (TPSA) is 17.8 Å². The van der Waals surface area contributed by atoms with Crippen molar-refractivity contribution in [1.29, 1.82) is 0 Å². The summed E-state index contributed by atoms with van der Waals surface area (Å²) in [4.78, 5) is 0. The van der Waals surface area contributed by atoms with Crippen LogP contribution in [-0.4, -0.2) is 9.78 Å². The molecule has 67 valence electrons. The fourth-order valence-electron chi connectivity index (χ4n) is 0.959. The fourth-order valence-corrected chi connectivity index (χ4v) is 0.959. The summed E-state index contributed by atoms with van der Waals surface area (Å²) in [6.45, 7) is 3.39. The van der Waals surface area contributed by atoms with Crippen LogP contribution in [0.25, 0.3) is 0 Å². The van der Waals surface area contributed by atoms with E-state index in [4.69, 9.17) is 0 Å². The Hall–Kier alpha value is -1.00. The van der Waals surface area contributed by atoms with Gasteiger partial charge < -0.3 is 0 Å². The maximum atomic E-state index is 12.1. The fraction of sp³-hybridized carbons (Fsp3) is 0.429. The molecule has 0 aliphatic carbocycles. The lowest BCUT2D eigenvalue weighted by molar-refractivity contribution is -0.142. The van der Waals surface area contributed by atoms with Gasteiger partial charge in [-0.1, -0.05) is 0 Å². The van der Waals surface area contributed by atoms with Gasteiger partial charge in [0.05, 0.1) is 0 Å². The third-order valence-electron chi connectivity index (χ3n) is 1.44. The van der Waals surface area contributed by atoms with E-state index in [0.717, 1.165) is 4.68 Å². The number of aromatic nitrogens is 2. The Balaban J connectivity index is 3.13. The summed E-state index contributed by atoms with van der Waals surface area (Å²) in [7, 11) is 1.45.